The second-order valence-corrected chi connectivity index (χ2v) is 4.00. The topological polar surface area (TPSA) is 54.3 Å². The summed E-state index contributed by atoms with van der Waals surface area (Å²) in [6.45, 7) is 7.83. The summed E-state index contributed by atoms with van der Waals surface area (Å²) in [6, 6.07) is 2.15. The Kier molecular flexibility index (Phi) is 12.9. The van der Waals surface area contributed by atoms with Crippen LogP contribution in [0.15, 0.2) is 0 Å². The molecule has 100 valence electrons. The lowest BCUT2D eigenvalue weighted by Gasteiger charge is -2.10. The van der Waals surface area contributed by atoms with Gasteiger partial charge in [0.05, 0.1) is 25.3 Å². The number of nitrogens with zero attached hydrogens (tertiary/aromatic N) is 1. The number of unbranched alkanes of at least 4 members (excludes halogenated alkanes) is 1. The molecule has 1 atom stereocenters. The van der Waals surface area contributed by atoms with E-state index < -0.39 is 0 Å². The first-order valence-corrected chi connectivity index (χ1v) is 6.63. The van der Waals surface area contributed by atoms with Gasteiger partial charge in [0.1, 0.15) is 0 Å². The van der Waals surface area contributed by atoms with Crippen molar-refractivity contribution in [1.82, 2.24) is 5.32 Å². The molecule has 0 heterocycles. The molecule has 0 aliphatic rings. The van der Waals surface area contributed by atoms with Crippen LogP contribution >= 0.6 is 0 Å². The number of nitriles is 1. The maximum absolute atomic E-state index is 8.86. The molecule has 1 N–H and O–H groups in total. The number of nitrogens with one attached hydrogen (secondary N) is 1. The first-order chi connectivity index (χ1) is 8.35. The van der Waals surface area contributed by atoms with Crippen molar-refractivity contribution >= 4 is 0 Å². The first-order valence-electron chi connectivity index (χ1n) is 6.63. The molecule has 4 nitrogen and oxygen atoms in total. The highest BCUT2D eigenvalue weighted by Crippen LogP contribution is 1.93. The predicted octanol–water partition coefficient (Wildman–Crippen LogP) is 2.10. The van der Waals surface area contributed by atoms with Crippen molar-refractivity contribution in [3.8, 4) is 6.07 Å². The molecule has 0 spiro atoms. The molecular weight excluding hydrogens is 216 g/mol. The zero-order valence-electron chi connectivity index (χ0n) is 11.2. The van der Waals surface area contributed by atoms with Gasteiger partial charge in [-0.1, -0.05) is 20.3 Å². The molecule has 1 unspecified atom stereocenters. The number of ether oxygens (including phenoxy) is 2. The summed E-state index contributed by atoms with van der Waals surface area (Å²) in [5.74, 6) is 0. The third kappa shape index (κ3) is 11.6. The second-order valence-electron chi connectivity index (χ2n) is 4.00. The van der Waals surface area contributed by atoms with Crippen molar-refractivity contribution < 1.29 is 9.47 Å². The van der Waals surface area contributed by atoms with E-state index in [1.165, 1.54) is 0 Å². The van der Waals surface area contributed by atoms with E-state index in [0.717, 1.165) is 38.8 Å². The van der Waals surface area contributed by atoms with Crippen LogP contribution < -0.4 is 5.32 Å². The first kappa shape index (κ1) is 16.4. The van der Waals surface area contributed by atoms with Crippen LogP contribution in [-0.4, -0.2) is 39.0 Å². The lowest BCUT2D eigenvalue weighted by atomic mass is 10.2. The highest BCUT2D eigenvalue weighted by Gasteiger charge is 2.04. The van der Waals surface area contributed by atoms with Crippen LogP contribution in [0.4, 0.5) is 0 Å². The monoisotopic (exact) mass is 242 g/mol. The van der Waals surface area contributed by atoms with Gasteiger partial charge in [0.15, 0.2) is 0 Å². The fourth-order valence-electron chi connectivity index (χ4n) is 1.30. The zero-order chi connectivity index (χ0) is 12.8. The van der Waals surface area contributed by atoms with Gasteiger partial charge in [-0.2, -0.15) is 5.26 Å². The average Bonchev–Trinajstić information content (AvgIpc) is 2.36. The van der Waals surface area contributed by atoms with Crippen molar-refractivity contribution in [3.63, 3.8) is 0 Å². The van der Waals surface area contributed by atoms with E-state index in [1.54, 1.807) is 0 Å². The summed E-state index contributed by atoms with van der Waals surface area (Å²) >= 11 is 0. The van der Waals surface area contributed by atoms with Crippen LogP contribution in [-0.2, 0) is 9.47 Å². The SMILES string of the molecule is CCCCOCCOCCC(C#N)NCCC. The molecule has 0 aromatic rings. The quantitative estimate of drug-likeness (QED) is 0.532. The van der Waals surface area contributed by atoms with Crippen LogP contribution in [0.3, 0.4) is 0 Å². The van der Waals surface area contributed by atoms with Crippen LogP contribution in [0.25, 0.3) is 0 Å². The molecule has 0 saturated carbocycles. The van der Waals surface area contributed by atoms with E-state index in [4.69, 9.17) is 14.7 Å². The number of hydrogen-bond acceptors (Lipinski definition) is 4. The molecular formula is C13H26N2O2. The molecule has 0 bridgehead atoms. The fourth-order valence-corrected chi connectivity index (χ4v) is 1.30. The van der Waals surface area contributed by atoms with Gasteiger partial charge < -0.3 is 14.8 Å². The van der Waals surface area contributed by atoms with Gasteiger partial charge in [-0.15, -0.1) is 0 Å². The summed E-state index contributed by atoms with van der Waals surface area (Å²) in [4.78, 5) is 0. The Balaban J connectivity index is 3.22. The molecule has 0 radical (unpaired) electrons. The Morgan fingerprint density at radius 2 is 1.76 bits per heavy atom. The Labute approximate surface area is 105 Å². The lowest BCUT2D eigenvalue weighted by molar-refractivity contribution is 0.0446. The zero-order valence-corrected chi connectivity index (χ0v) is 11.2. The third-order valence-electron chi connectivity index (χ3n) is 2.36. The molecule has 0 aromatic heterocycles. The normalized spacial score (nSPS) is 12.3. The molecule has 0 fully saturated rings. The van der Waals surface area contributed by atoms with E-state index >= 15 is 0 Å². The van der Waals surface area contributed by atoms with Gasteiger partial charge in [0, 0.05) is 13.2 Å². The minimum absolute atomic E-state index is 0.0871. The van der Waals surface area contributed by atoms with E-state index in [9.17, 15) is 0 Å². The number of hydrogen-bond donors (Lipinski definition) is 1. The van der Waals surface area contributed by atoms with Crippen LogP contribution in [0, 0.1) is 11.3 Å². The van der Waals surface area contributed by atoms with Gasteiger partial charge in [0.25, 0.3) is 0 Å². The summed E-state index contributed by atoms with van der Waals surface area (Å²) in [6.07, 6.45) is 4.06. The van der Waals surface area contributed by atoms with Crippen molar-refractivity contribution in [3.05, 3.63) is 0 Å². The van der Waals surface area contributed by atoms with Gasteiger partial charge in [-0.25, -0.2) is 0 Å². The van der Waals surface area contributed by atoms with Crippen molar-refractivity contribution in [2.75, 3.05) is 33.0 Å². The molecule has 17 heavy (non-hydrogen) atoms. The van der Waals surface area contributed by atoms with Crippen molar-refractivity contribution in [1.29, 1.82) is 5.26 Å². The Bertz CT molecular complexity index is 192. The third-order valence-corrected chi connectivity index (χ3v) is 2.36. The van der Waals surface area contributed by atoms with E-state index in [-0.39, 0.29) is 6.04 Å². The Morgan fingerprint density at radius 1 is 1.06 bits per heavy atom. The lowest BCUT2D eigenvalue weighted by Crippen LogP contribution is -2.29. The van der Waals surface area contributed by atoms with Crippen LogP contribution in [0.1, 0.15) is 39.5 Å². The minimum atomic E-state index is -0.0871. The van der Waals surface area contributed by atoms with E-state index in [0.29, 0.717) is 19.8 Å². The van der Waals surface area contributed by atoms with Gasteiger partial charge in [-0.05, 0) is 25.8 Å². The predicted molar refractivity (Wildman–Crippen MR) is 68.9 cm³/mol. The maximum atomic E-state index is 8.86. The second kappa shape index (κ2) is 13.4. The smallest absolute Gasteiger partial charge is 0.0975 e. The molecule has 0 aliphatic heterocycles. The standard InChI is InChI=1S/C13H26N2O2/c1-3-5-8-16-10-11-17-9-6-13(12-14)15-7-4-2/h13,15H,3-11H2,1-2H3. The Morgan fingerprint density at radius 3 is 2.35 bits per heavy atom. The van der Waals surface area contributed by atoms with Crippen molar-refractivity contribution in [2.45, 2.75) is 45.6 Å². The fraction of sp³-hybridized carbons (Fsp3) is 0.923. The number of rotatable bonds is 12. The van der Waals surface area contributed by atoms with Crippen LogP contribution in [0.5, 0.6) is 0 Å². The van der Waals surface area contributed by atoms with Crippen molar-refractivity contribution in [2.24, 2.45) is 0 Å². The molecule has 0 amide bonds. The summed E-state index contributed by atoms with van der Waals surface area (Å²) in [7, 11) is 0. The highest BCUT2D eigenvalue weighted by molar-refractivity contribution is 4.89. The van der Waals surface area contributed by atoms with E-state index in [1.807, 2.05) is 0 Å². The highest BCUT2D eigenvalue weighted by atomic mass is 16.5. The van der Waals surface area contributed by atoms with Gasteiger partial charge in [-0.3, -0.25) is 0 Å². The maximum Gasteiger partial charge on any atom is 0.0975 e. The van der Waals surface area contributed by atoms with Gasteiger partial charge in [0.2, 0.25) is 0 Å². The molecule has 0 rings (SSSR count). The minimum Gasteiger partial charge on any atom is -0.379 e. The molecule has 4 heteroatoms. The van der Waals surface area contributed by atoms with E-state index in [2.05, 4.69) is 25.2 Å². The molecule has 0 aliphatic carbocycles. The summed E-state index contributed by atoms with van der Waals surface area (Å²) in [5, 5.41) is 12.0. The average molecular weight is 242 g/mol. The van der Waals surface area contributed by atoms with Crippen LogP contribution in [0.2, 0.25) is 0 Å². The Hall–Kier alpha value is -0.630. The van der Waals surface area contributed by atoms with Gasteiger partial charge >= 0.3 is 0 Å². The summed E-state index contributed by atoms with van der Waals surface area (Å²) in [5.41, 5.74) is 0. The summed E-state index contributed by atoms with van der Waals surface area (Å²) < 4.78 is 10.8. The molecule has 0 saturated heterocycles. The largest absolute Gasteiger partial charge is 0.379 e. The molecule has 0 aromatic carbocycles.